The van der Waals surface area contributed by atoms with Crippen LogP contribution in [0.1, 0.15) is 43.2 Å². The van der Waals surface area contributed by atoms with Crippen molar-refractivity contribution in [2.75, 3.05) is 6.61 Å². The SMILES string of the molecule is NNC(=O)CCCCOc1ccc2c(c1)CCCC2. The second kappa shape index (κ2) is 7.14. The summed E-state index contributed by atoms with van der Waals surface area (Å²) >= 11 is 0. The van der Waals surface area contributed by atoms with Crippen molar-refractivity contribution in [1.29, 1.82) is 0 Å². The summed E-state index contributed by atoms with van der Waals surface area (Å²) in [6.45, 7) is 0.649. The fourth-order valence-electron chi connectivity index (χ4n) is 2.45. The number of hydrazine groups is 1. The van der Waals surface area contributed by atoms with E-state index < -0.39 is 0 Å². The van der Waals surface area contributed by atoms with Crippen molar-refractivity contribution in [2.45, 2.75) is 44.9 Å². The Hall–Kier alpha value is -1.55. The van der Waals surface area contributed by atoms with Gasteiger partial charge < -0.3 is 4.74 Å². The summed E-state index contributed by atoms with van der Waals surface area (Å²) < 4.78 is 5.72. The third-order valence-electron chi connectivity index (χ3n) is 3.55. The molecule has 0 saturated carbocycles. The van der Waals surface area contributed by atoms with Gasteiger partial charge in [-0.05, 0) is 61.8 Å². The molecule has 0 saturated heterocycles. The summed E-state index contributed by atoms with van der Waals surface area (Å²) in [4.78, 5) is 10.9. The van der Waals surface area contributed by atoms with Crippen LogP contribution in [0.2, 0.25) is 0 Å². The van der Waals surface area contributed by atoms with E-state index in [1.165, 1.54) is 36.8 Å². The van der Waals surface area contributed by atoms with Gasteiger partial charge in [0.2, 0.25) is 5.91 Å². The number of carbonyl (C=O) groups is 1. The number of hydrogen-bond acceptors (Lipinski definition) is 3. The average molecular weight is 262 g/mol. The lowest BCUT2D eigenvalue weighted by Gasteiger charge is -2.16. The molecule has 104 valence electrons. The summed E-state index contributed by atoms with van der Waals surface area (Å²) in [5.41, 5.74) is 5.03. The molecule has 0 unspecified atom stereocenters. The zero-order valence-corrected chi connectivity index (χ0v) is 11.3. The largest absolute Gasteiger partial charge is 0.494 e. The Kier molecular flexibility index (Phi) is 5.21. The van der Waals surface area contributed by atoms with E-state index >= 15 is 0 Å². The lowest BCUT2D eigenvalue weighted by molar-refractivity contribution is -0.121. The quantitative estimate of drug-likeness (QED) is 0.357. The highest BCUT2D eigenvalue weighted by molar-refractivity contribution is 5.75. The van der Waals surface area contributed by atoms with Gasteiger partial charge in [0.25, 0.3) is 0 Å². The Morgan fingerprint density at radius 2 is 2.00 bits per heavy atom. The Morgan fingerprint density at radius 1 is 1.21 bits per heavy atom. The fraction of sp³-hybridized carbons (Fsp3) is 0.533. The van der Waals surface area contributed by atoms with Crippen molar-refractivity contribution in [1.82, 2.24) is 5.43 Å². The third-order valence-corrected chi connectivity index (χ3v) is 3.55. The molecule has 2 rings (SSSR count). The van der Waals surface area contributed by atoms with Crippen LogP contribution in [0.5, 0.6) is 5.75 Å². The van der Waals surface area contributed by atoms with Gasteiger partial charge in [0.1, 0.15) is 5.75 Å². The molecule has 0 heterocycles. The minimum Gasteiger partial charge on any atom is -0.494 e. The molecule has 1 aliphatic carbocycles. The normalized spacial score (nSPS) is 13.7. The molecule has 1 amide bonds. The van der Waals surface area contributed by atoms with Crippen LogP contribution in [0.4, 0.5) is 0 Å². The Balaban J connectivity index is 1.72. The highest BCUT2D eigenvalue weighted by atomic mass is 16.5. The number of aryl methyl sites for hydroxylation is 2. The maximum Gasteiger partial charge on any atom is 0.233 e. The number of ether oxygens (including phenoxy) is 1. The lowest BCUT2D eigenvalue weighted by Crippen LogP contribution is -2.29. The van der Waals surface area contributed by atoms with E-state index in [4.69, 9.17) is 10.6 Å². The van der Waals surface area contributed by atoms with E-state index in [-0.39, 0.29) is 5.91 Å². The molecule has 0 bridgehead atoms. The van der Waals surface area contributed by atoms with E-state index in [9.17, 15) is 4.79 Å². The minimum atomic E-state index is -0.117. The minimum absolute atomic E-state index is 0.117. The summed E-state index contributed by atoms with van der Waals surface area (Å²) in [6, 6.07) is 6.41. The molecular formula is C15H22N2O2. The van der Waals surface area contributed by atoms with Crippen molar-refractivity contribution >= 4 is 5.91 Å². The van der Waals surface area contributed by atoms with Gasteiger partial charge in [-0.3, -0.25) is 10.2 Å². The van der Waals surface area contributed by atoms with Gasteiger partial charge in [0, 0.05) is 6.42 Å². The molecule has 4 nitrogen and oxygen atoms in total. The first kappa shape index (κ1) is 13.9. The molecule has 1 aromatic rings. The van der Waals surface area contributed by atoms with Crippen LogP contribution in [0.15, 0.2) is 18.2 Å². The topological polar surface area (TPSA) is 64.3 Å². The second-order valence-corrected chi connectivity index (χ2v) is 5.01. The van der Waals surface area contributed by atoms with E-state index in [0.717, 1.165) is 18.6 Å². The van der Waals surface area contributed by atoms with Crippen molar-refractivity contribution in [2.24, 2.45) is 5.84 Å². The average Bonchev–Trinajstić information content (AvgIpc) is 2.46. The summed E-state index contributed by atoms with van der Waals surface area (Å²) in [5.74, 6) is 5.84. The molecule has 0 spiro atoms. The standard InChI is InChI=1S/C15H22N2O2/c16-17-15(18)7-3-4-10-19-14-9-8-12-5-1-2-6-13(12)11-14/h8-9,11H,1-7,10,16H2,(H,17,18). The van der Waals surface area contributed by atoms with Gasteiger partial charge in [0.15, 0.2) is 0 Å². The second-order valence-electron chi connectivity index (χ2n) is 5.01. The number of carbonyl (C=O) groups excluding carboxylic acids is 1. The van der Waals surface area contributed by atoms with Gasteiger partial charge in [-0.15, -0.1) is 0 Å². The Labute approximate surface area is 114 Å². The molecule has 3 N–H and O–H groups in total. The van der Waals surface area contributed by atoms with E-state index in [2.05, 4.69) is 23.6 Å². The van der Waals surface area contributed by atoms with Gasteiger partial charge in [-0.2, -0.15) is 0 Å². The lowest BCUT2D eigenvalue weighted by atomic mass is 9.92. The van der Waals surface area contributed by atoms with Crippen LogP contribution in [0.25, 0.3) is 0 Å². The maximum absolute atomic E-state index is 10.9. The summed E-state index contributed by atoms with van der Waals surface area (Å²) in [5, 5.41) is 0. The molecule has 1 aromatic carbocycles. The van der Waals surface area contributed by atoms with Crippen LogP contribution >= 0.6 is 0 Å². The number of nitrogens with one attached hydrogen (secondary N) is 1. The molecule has 0 aliphatic heterocycles. The van der Waals surface area contributed by atoms with E-state index in [0.29, 0.717) is 13.0 Å². The van der Waals surface area contributed by atoms with Gasteiger partial charge in [-0.25, -0.2) is 5.84 Å². The smallest absolute Gasteiger partial charge is 0.233 e. The van der Waals surface area contributed by atoms with Crippen LogP contribution in [-0.4, -0.2) is 12.5 Å². The molecule has 1 aliphatic rings. The fourth-order valence-corrected chi connectivity index (χ4v) is 2.45. The van der Waals surface area contributed by atoms with Crippen molar-refractivity contribution < 1.29 is 9.53 Å². The predicted octanol–water partition coefficient (Wildman–Crippen LogP) is 2.10. The van der Waals surface area contributed by atoms with Gasteiger partial charge in [-0.1, -0.05) is 6.07 Å². The van der Waals surface area contributed by atoms with Crippen LogP contribution in [-0.2, 0) is 17.6 Å². The van der Waals surface area contributed by atoms with Gasteiger partial charge in [0.05, 0.1) is 6.61 Å². The Morgan fingerprint density at radius 3 is 2.79 bits per heavy atom. The molecule has 19 heavy (non-hydrogen) atoms. The van der Waals surface area contributed by atoms with Crippen molar-refractivity contribution in [3.05, 3.63) is 29.3 Å². The molecule has 0 aromatic heterocycles. The monoisotopic (exact) mass is 262 g/mol. The Bertz CT molecular complexity index is 432. The number of fused-ring (bicyclic) bond motifs is 1. The summed E-state index contributed by atoms with van der Waals surface area (Å²) in [7, 11) is 0. The first-order valence-electron chi connectivity index (χ1n) is 7.03. The zero-order valence-electron chi connectivity index (χ0n) is 11.3. The van der Waals surface area contributed by atoms with Crippen LogP contribution in [0, 0.1) is 0 Å². The first-order valence-corrected chi connectivity index (χ1v) is 7.03. The van der Waals surface area contributed by atoms with E-state index in [1.807, 2.05) is 0 Å². The molecule has 0 radical (unpaired) electrons. The van der Waals surface area contributed by atoms with Crippen LogP contribution < -0.4 is 16.0 Å². The molecule has 0 fully saturated rings. The zero-order chi connectivity index (χ0) is 13.5. The molecular weight excluding hydrogens is 240 g/mol. The molecule has 4 heteroatoms. The van der Waals surface area contributed by atoms with Crippen molar-refractivity contribution in [3.63, 3.8) is 0 Å². The predicted molar refractivity (Wildman–Crippen MR) is 74.8 cm³/mol. The third kappa shape index (κ3) is 4.24. The van der Waals surface area contributed by atoms with E-state index in [1.54, 1.807) is 0 Å². The van der Waals surface area contributed by atoms with Crippen molar-refractivity contribution in [3.8, 4) is 5.75 Å². The highest BCUT2D eigenvalue weighted by Crippen LogP contribution is 2.25. The number of unbranched alkanes of at least 4 members (excludes halogenated alkanes) is 1. The summed E-state index contributed by atoms with van der Waals surface area (Å²) in [6.07, 6.45) is 7.08. The number of amides is 1. The number of hydrogen-bond donors (Lipinski definition) is 2. The first-order chi connectivity index (χ1) is 9.29. The molecule has 0 atom stereocenters. The number of benzene rings is 1. The number of rotatable bonds is 6. The number of nitrogens with two attached hydrogens (primary N) is 1. The van der Waals surface area contributed by atoms with Gasteiger partial charge >= 0.3 is 0 Å². The maximum atomic E-state index is 10.9. The van der Waals surface area contributed by atoms with Crippen LogP contribution in [0.3, 0.4) is 0 Å². The highest BCUT2D eigenvalue weighted by Gasteiger charge is 2.09.